The number of ether oxygens (including phenoxy) is 3. The van der Waals surface area contributed by atoms with E-state index in [4.69, 9.17) is 24.9 Å². The number of halogens is 2. The van der Waals surface area contributed by atoms with Crippen LogP contribution in [0.5, 0.6) is 5.75 Å². The van der Waals surface area contributed by atoms with Gasteiger partial charge in [0.05, 0.1) is 18.6 Å². The van der Waals surface area contributed by atoms with Crippen molar-refractivity contribution in [3.63, 3.8) is 0 Å². The first kappa shape index (κ1) is 17.1. The summed E-state index contributed by atoms with van der Waals surface area (Å²) in [5.74, 6) is -1.02. The molecule has 4 aliphatic rings. The van der Waals surface area contributed by atoms with Crippen LogP contribution in [-0.2, 0) is 15.0 Å². The maximum absolute atomic E-state index is 14.3. The number of aliphatic imine (C=N–C) groups is 1. The van der Waals surface area contributed by atoms with E-state index < -0.39 is 17.4 Å². The van der Waals surface area contributed by atoms with Gasteiger partial charge < -0.3 is 19.9 Å². The molecule has 1 saturated carbocycles. The fraction of sp³-hybridized carbons (Fsp3) is 0.429. The van der Waals surface area contributed by atoms with Gasteiger partial charge in [-0.2, -0.15) is 13.8 Å². The van der Waals surface area contributed by atoms with Gasteiger partial charge in [-0.1, -0.05) is 6.07 Å². The van der Waals surface area contributed by atoms with E-state index in [0.29, 0.717) is 24.5 Å². The molecule has 1 aromatic heterocycles. The van der Waals surface area contributed by atoms with Crippen LogP contribution in [0, 0.1) is 17.3 Å². The van der Waals surface area contributed by atoms with E-state index >= 15 is 0 Å². The van der Waals surface area contributed by atoms with E-state index in [9.17, 15) is 8.78 Å². The fourth-order valence-corrected chi connectivity index (χ4v) is 5.38. The Labute approximate surface area is 165 Å². The maximum Gasteiger partial charge on any atom is 0.283 e. The highest BCUT2D eigenvalue weighted by atomic mass is 19.1. The van der Waals surface area contributed by atoms with Crippen LogP contribution in [0.15, 0.2) is 35.3 Å². The standard InChI is InChI=1S/C21H19F2N3O3/c22-16-5-3-13(17(23)25-16)12-2-4-15-14(8-12)21(11-28-18(24)26-21)19(9-27-10-19)20(29-15)6-1-7-20/h2-5,8H,1,6-7,9-11H2,(H2,24,26). The quantitative estimate of drug-likeness (QED) is 0.746. The summed E-state index contributed by atoms with van der Waals surface area (Å²) in [5, 5.41) is 0. The average molecular weight is 399 g/mol. The van der Waals surface area contributed by atoms with Gasteiger partial charge in [0.25, 0.3) is 6.02 Å². The van der Waals surface area contributed by atoms with E-state index in [1.54, 1.807) is 6.07 Å². The minimum atomic E-state index is -0.862. The Kier molecular flexibility index (Phi) is 3.22. The number of nitrogens with zero attached hydrogens (tertiary/aromatic N) is 2. The molecule has 1 aliphatic carbocycles. The van der Waals surface area contributed by atoms with Crippen LogP contribution >= 0.6 is 0 Å². The van der Waals surface area contributed by atoms with Crippen molar-refractivity contribution in [1.29, 1.82) is 0 Å². The van der Waals surface area contributed by atoms with Crippen molar-refractivity contribution in [2.24, 2.45) is 16.1 Å². The zero-order valence-corrected chi connectivity index (χ0v) is 15.6. The van der Waals surface area contributed by atoms with Crippen molar-refractivity contribution < 1.29 is 23.0 Å². The zero-order chi connectivity index (χ0) is 19.9. The summed E-state index contributed by atoms with van der Waals surface area (Å²) in [6.45, 7) is 1.29. The number of fused-ring (bicyclic) bond motifs is 4. The summed E-state index contributed by atoms with van der Waals surface area (Å²) in [5.41, 5.74) is 6.03. The predicted molar refractivity (Wildman–Crippen MR) is 99.3 cm³/mol. The molecule has 0 bridgehead atoms. The molecule has 2 aromatic rings. The highest BCUT2D eigenvalue weighted by molar-refractivity contribution is 5.76. The number of amidine groups is 1. The second-order valence-corrected chi connectivity index (χ2v) is 8.31. The second-order valence-electron chi connectivity index (χ2n) is 8.31. The molecule has 2 fully saturated rings. The smallest absolute Gasteiger partial charge is 0.283 e. The lowest BCUT2D eigenvalue weighted by Gasteiger charge is -2.66. The van der Waals surface area contributed by atoms with Crippen molar-refractivity contribution in [2.45, 2.75) is 30.4 Å². The molecule has 8 heteroatoms. The monoisotopic (exact) mass is 399 g/mol. The Bertz CT molecular complexity index is 1070. The highest BCUT2D eigenvalue weighted by Crippen LogP contribution is 2.67. The van der Waals surface area contributed by atoms with Crippen molar-refractivity contribution in [1.82, 2.24) is 4.98 Å². The molecule has 1 aromatic carbocycles. The molecule has 1 saturated heterocycles. The van der Waals surface area contributed by atoms with Crippen molar-refractivity contribution in [2.75, 3.05) is 19.8 Å². The SMILES string of the molecule is NC1=NC2(CO1)c1cc(-c3ccc(F)nc3F)ccc1OC1(CCC1)C21COC1. The number of nitrogens with two attached hydrogens (primary N) is 1. The predicted octanol–water partition coefficient (Wildman–Crippen LogP) is 2.90. The fourth-order valence-electron chi connectivity index (χ4n) is 5.38. The summed E-state index contributed by atoms with van der Waals surface area (Å²) in [6, 6.07) is 8.08. The molecule has 150 valence electrons. The third-order valence-electron chi connectivity index (χ3n) is 7.11. The Hall–Kier alpha value is -2.74. The van der Waals surface area contributed by atoms with Crippen LogP contribution in [0.2, 0.25) is 0 Å². The Morgan fingerprint density at radius 2 is 1.86 bits per heavy atom. The van der Waals surface area contributed by atoms with E-state index in [2.05, 4.69) is 4.98 Å². The van der Waals surface area contributed by atoms with Crippen LogP contribution in [-0.4, -0.2) is 36.4 Å². The molecular weight excluding hydrogens is 380 g/mol. The summed E-state index contributed by atoms with van der Waals surface area (Å²) < 4.78 is 45.5. The van der Waals surface area contributed by atoms with Gasteiger partial charge in [0.15, 0.2) is 0 Å². The van der Waals surface area contributed by atoms with Gasteiger partial charge in [0.2, 0.25) is 11.9 Å². The molecule has 6 rings (SSSR count). The number of rotatable bonds is 1. The number of aromatic nitrogens is 1. The highest BCUT2D eigenvalue weighted by Gasteiger charge is 2.75. The van der Waals surface area contributed by atoms with Crippen molar-refractivity contribution in [3.05, 3.63) is 47.8 Å². The molecule has 2 N–H and O–H groups in total. The Balaban J connectivity index is 1.58. The van der Waals surface area contributed by atoms with Crippen molar-refractivity contribution >= 4 is 6.02 Å². The minimum absolute atomic E-state index is 0.138. The number of hydrogen-bond donors (Lipinski definition) is 1. The van der Waals surface area contributed by atoms with E-state index in [0.717, 1.165) is 30.9 Å². The molecule has 3 aliphatic heterocycles. The first-order valence-electron chi connectivity index (χ1n) is 9.71. The maximum atomic E-state index is 14.3. The number of hydrogen-bond acceptors (Lipinski definition) is 6. The van der Waals surface area contributed by atoms with Crippen LogP contribution in [0.4, 0.5) is 8.78 Å². The van der Waals surface area contributed by atoms with Crippen LogP contribution < -0.4 is 10.5 Å². The third-order valence-corrected chi connectivity index (χ3v) is 7.11. The molecule has 4 heterocycles. The lowest BCUT2D eigenvalue weighted by atomic mass is 9.49. The van der Waals surface area contributed by atoms with Gasteiger partial charge in [0.1, 0.15) is 23.5 Å². The number of benzene rings is 1. The molecule has 3 spiro atoms. The van der Waals surface area contributed by atoms with Gasteiger partial charge in [-0.25, -0.2) is 4.99 Å². The molecule has 0 radical (unpaired) electrons. The van der Waals surface area contributed by atoms with E-state index in [-0.39, 0.29) is 29.2 Å². The van der Waals surface area contributed by atoms with E-state index in [1.807, 2.05) is 12.1 Å². The first-order valence-corrected chi connectivity index (χ1v) is 9.71. The van der Waals surface area contributed by atoms with Gasteiger partial charge in [-0.3, -0.25) is 0 Å². The second kappa shape index (κ2) is 5.44. The van der Waals surface area contributed by atoms with Gasteiger partial charge in [-0.05, 0) is 49.1 Å². The summed E-state index contributed by atoms with van der Waals surface area (Å²) in [4.78, 5) is 8.10. The Morgan fingerprint density at radius 3 is 2.45 bits per heavy atom. The summed E-state index contributed by atoms with van der Waals surface area (Å²) in [6.07, 6.45) is 2.92. The number of pyridine rings is 1. The molecule has 0 amide bonds. The third kappa shape index (κ3) is 1.97. The van der Waals surface area contributed by atoms with E-state index in [1.165, 1.54) is 6.07 Å². The van der Waals surface area contributed by atoms with Gasteiger partial charge in [0, 0.05) is 11.1 Å². The minimum Gasteiger partial charge on any atom is -0.486 e. The zero-order valence-electron chi connectivity index (χ0n) is 15.6. The molecular formula is C21H19F2N3O3. The largest absolute Gasteiger partial charge is 0.486 e. The summed E-state index contributed by atoms with van der Waals surface area (Å²) >= 11 is 0. The molecule has 1 unspecified atom stereocenters. The summed E-state index contributed by atoms with van der Waals surface area (Å²) in [7, 11) is 0. The molecule has 1 atom stereocenters. The van der Waals surface area contributed by atoms with Crippen LogP contribution in [0.1, 0.15) is 24.8 Å². The molecule has 6 nitrogen and oxygen atoms in total. The Morgan fingerprint density at radius 1 is 1.03 bits per heavy atom. The lowest BCUT2D eigenvalue weighted by Crippen LogP contribution is -2.75. The van der Waals surface area contributed by atoms with Crippen molar-refractivity contribution in [3.8, 4) is 16.9 Å². The topological polar surface area (TPSA) is 79.0 Å². The van der Waals surface area contributed by atoms with Gasteiger partial charge >= 0.3 is 0 Å². The van der Waals surface area contributed by atoms with Crippen LogP contribution in [0.25, 0.3) is 11.1 Å². The van der Waals surface area contributed by atoms with Crippen LogP contribution in [0.3, 0.4) is 0 Å². The normalized spacial score (nSPS) is 27.6. The lowest BCUT2D eigenvalue weighted by molar-refractivity contribution is -0.281. The molecule has 29 heavy (non-hydrogen) atoms. The average Bonchev–Trinajstić information content (AvgIpc) is 3.01. The van der Waals surface area contributed by atoms with Gasteiger partial charge in [-0.15, -0.1) is 0 Å². The first-order chi connectivity index (χ1) is 14.0.